The molecule has 1 N–H and O–H groups in total. The molecule has 0 fully saturated rings. The van der Waals surface area contributed by atoms with Crippen LogP contribution >= 0.6 is 0 Å². The predicted molar refractivity (Wildman–Crippen MR) is 68.6 cm³/mol. The summed E-state index contributed by atoms with van der Waals surface area (Å²) >= 11 is 0. The zero-order valence-corrected chi connectivity index (χ0v) is 9.99. The Morgan fingerprint density at radius 3 is 2.69 bits per heavy atom. The third kappa shape index (κ3) is 4.99. The van der Waals surface area contributed by atoms with Crippen LogP contribution in [0.5, 0.6) is 5.75 Å². The van der Waals surface area contributed by atoms with E-state index in [1.807, 2.05) is 30.3 Å². The van der Waals surface area contributed by atoms with Crippen LogP contribution in [0.15, 0.2) is 43.0 Å². The van der Waals surface area contributed by atoms with Crippen molar-refractivity contribution in [2.24, 2.45) is 0 Å². The van der Waals surface area contributed by atoms with Crippen LogP contribution in [-0.4, -0.2) is 12.8 Å². The first-order chi connectivity index (χ1) is 7.86. The Morgan fingerprint density at radius 2 is 2.06 bits per heavy atom. The van der Waals surface area contributed by atoms with Crippen molar-refractivity contribution < 1.29 is 4.74 Å². The summed E-state index contributed by atoms with van der Waals surface area (Å²) in [5.41, 5.74) is 0. The Morgan fingerprint density at radius 1 is 1.31 bits per heavy atom. The zero-order chi connectivity index (χ0) is 11.6. The average Bonchev–Trinajstić information content (AvgIpc) is 2.34. The molecule has 1 atom stereocenters. The fourth-order valence-corrected chi connectivity index (χ4v) is 1.44. The number of ether oxygens (including phenoxy) is 1. The molecule has 0 spiro atoms. The highest BCUT2D eigenvalue weighted by Gasteiger charge is 2.03. The van der Waals surface area contributed by atoms with Crippen LogP contribution in [0.2, 0.25) is 0 Å². The van der Waals surface area contributed by atoms with Crippen molar-refractivity contribution in [3.63, 3.8) is 0 Å². The molecule has 0 bridgehead atoms. The molecule has 0 amide bonds. The Balaban J connectivity index is 2.29. The van der Waals surface area contributed by atoms with Gasteiger partial charge in [-0.2, -0.15) is 0 Å². The molecule has 1 aromatic rings. The fraction of sp³-hybridized carbons (Fsp3) is 0.429. The second-order valence-corrected chi connectivity index (χ2v) is 3.75. The van der Waals surface area contributed by atoms with Crippen molar-refractivity contribution in [3.8, 4) is 5.75 Å². The van der Waals surface area contributed by atoms with Gasteiger partial charge in [0.15, 0.2) is 6.23 Å². The molecule has 0 aromatic heterocycles. The van der Waals surface area contributed by atoms with E-state index in [1.165, 1.54) is 19.3 Å². The number of unbranched alkanes of at least 4 members (excludes halogenated alkanes) is 2. The number of para-hydroxylation sites is 1. The van der Waals surface area contributed by atoms with E-state index < -0.39 is 0 Å². The lowest BCUT2D eigenvalue weighted by Crippen LogP contribution is -2.33. The molecule has 0 aliphatic rings. The van der Waals surface area contributed by atoms with Crippen LogP contribution in [0.25, 0.3) is 0 Å². The first kappa shape index (κ1) is 12.8. The largest absolute Gasteiger partial charge is 0.472 e. The van der Waals surface area contributed by atoms with Gasteiger partial charge in [0.05, 0.1) is 0 Å². The minimum absolute atomic E-state index is 0.0979. The maximum absolute atomic E-state index is 5.71. The van der Waals surface area contributed by atoms with Crippen molar-refractivity contribution in [2.45, 2.75) is 32.4 Å². The lowest BCUT2D eigenvalue weighted by Gasteiger charge is -2.16. The molecule has 0 aliphatic heterocycles. The van der Waals surface area contributed by atoms with E-state index >= 15 is 0 Å². The molecule has 2 heteroatoms. The summed E-state index contributed by atoms with van der Waals surface area (Å²) in [6.45, 7) is 6.94. The average molecular weight is 219 g/mol. The van der Waals surface area contributed by atoms with Crippen molar-refractivity contribution >= 4 is 0 Å². The summed E-state index contributed by atoms with van der Waals surface area (Å²) in [6.07, 6.45) is 5.36. The third-order valence-corrected chi connectivity index (χ3v) is 2.35. The van der Waals surface area contributed by atoms with E-state index in [4.69, 9.17) is 4.74 Å². The molecule has 0 saturated heterocycles. The molecule has 1 rings (SSSR count). The normalized spacial score (nSPS) is 12.1. The summed E-state index contributed by atoms with van der Waals surface area (Å²) in [6, 6.07) is 9.80. The van der Waals surface area contributed by atoms with Crippen LogP contribution in [0.4, 0.5) is 0 Å². The first-order valence-electron chi connectivity index (χ1n) is 5.94. The van der Waals surface area contributed by atoms with Gasteiger partial charge >= 0.3 is 0 Å². The Labute approximate surface area is 98.3 Å². The van der Waals surface area contributed by atoms with E-state index in [0.29, 0.717) is 0 Å². The van der Waals surface area contributed by atoms with Crippen LogP contribution in [0, 0.1) is 0 Å². The van der Waals surface area contributed by atoms with Gasteiger partial charge in [0.25, 0.3) is 0 Å². The van der Waals surface area contributed by atoms with E-state index in [1.54, 1.807) is 6.08 Å². The van der Waals surface area contributed by atoms with Crippen LogP contribution < -0.4 is 10.1 Å². The lowest BCUT2D eigenvalue weighted by atomic mass is 10.2. The Bertz CT molecular complexity index is 284. The number of rotatable bonds is 8. The van der Waals surface area contributed by atoms with Crippen molar-refractivity contribution in [1.29, 1.82) is 0 Å². The summed E-state index contributed by atoms with van der Waals surface area (Å²) < 4.78 is 5.71. The van der Waals surface area contributed by atoms with Crippen molar-refractivity contribution in [1.82, 2.24) is 5.32 Å². The van der Waals surface area contributed by atoms with Gasteiger partial charge in [0, 0.05) is 0 Å². The fourth-order valence-electron chi connectivity index (χ4n) is 1.44. The van der Waals surface area contributed by atoms with Gasteiger partial charge < -0.3 is 4.74 Å². The Kier molecular flexibility index (Phi) is 6.35. The summed E-state index contributed by atoms with van der Waals surface area (Å²) in [7, 11) is 0. The maximum Gasteiger partial charge on any atom is 0.169 e. The molecule has 1 aromatic carbocycles. The highest BCUT2D eigenvalue weighted by atomic mass is 16.5. The maximum atomic E-state index is 5.71. The van der Waals surface area contributed by atoms with Crippen LogP contribution in [0.1, 0.15) is 26.2 Å². The first-order valence-corrected chi connectivity index (χ1v) is 5.94. The Hall–Kier alpha value is -1.28. The van der Waals surface area contributed by atoms with Gasteiger partial charge in [0.2, 0.25) is 0 Å². The van der Waals surface area contributed by atoms with Gasteiger partial charge in [-0.3, -0.25) is 5.32 Å². The highest BCUT2D eigenvalue weighted by molar-refractivity contribution is 5.21. The summed E-state index contributed by atoms with van der Waals surface area (Å²) in [5, 5.41) is 3.31. The standard InChI is InChI=1S/C14H21NO/c1-3-5-9-12-15-14(4-2)16-13-10-7-6-8-11-13/h4,6-8,10-11,14-15H,2-3,5,9,12H2,1H3. The van der Waals surface area contributed by atoms with Crippen LogP contribution in [-0.2, 0) is 0 Å². The molecule has 0 heterocycles. The van der Waals surface area contributed by atoms with E-state index in [9.17, 15) is 0 Å². The smallest absolute Gasteiger partial charge is 0.169 e. The van der Waals surface area contributed by atoms with E-state index in [0.717, 1.165) is 12.3 Å². The lowest BCUT2D eigenvalue weighted by molar-refractivity contribution is 0.210. The van der Waals surface area contributed by atoms with E-state index in [-0.39, 0.29) is 6.23 Å². The minimum Gasteiger partial charge on any atom is -0.472 e. The monoisotopic (exact) mass is 219 g/mol. The predicted octanol–water partition coefficient (Wildman–Crippen LogP) is 3.36. The van der Waals surface area contributed by atoms with Crippen molar-refractivity contribution in [2.75, 3.05) is 6.54 Å². The third-order valence-electron chi connectivity index (χ3n) is 2.35. The highest BCUT2D eigenvalue weighted by Crippen LogP contribution is 2.10. The molecule has 0 saturated carbocycles. The number of nitrogens with one attached hydrogen (secondary N) is 1. The topological polar surface area (TPSA) is 21.3 Å². The number of benzene rings is 1. The number of hydrogen-bond donors (Lipinski definition) is 1. The molecule has 1 unspecified atom stereocenters. The van der Waals surface area contributed by atoms with Gasteiger partial charge in [-0.05, 0) is 31.2 Å². The molecule has 0 aliphatic carbocycles. The minimum atomic E-state index is -0.0979. The van der Waals surface area contributed by atoms with Crippen molar-refractivity contribution in [3.05, 3.63) is 43.0 Å². The van der Waals surface area contributed by atoms with Crippen LogP contribution in [0.3, 0.4) is 0 Å². The summed E-state index contributed by atoms with van der Waals surface area (Å²) in [4.78, 5) is 0. The molecule has 88 valence electrons. The van der Waals surface area contributed by atoms with E-state index in [2.05, 4.69) is 18.8 Å². The molecule has 16 heavy (non-hydrogen) atoms. The molecular weight excluding hydrogens is 198 g/mol. The number of hydrogen-bond acceptors (Lipinski definition) is 2. The zero-order valence-electron chi connectivity index (χ0n) is 9.99. The molecular formula is C14H21NO. The van der Waals surface area contributed by atoms with Gasteiger partial charge in [0.1, 0.15) is 5.75 Å². The SMILES string of the molecule is C=CC(NCCCCC)Oc1ccccc1. The quantitative estimate of drug-likeness (QED) is 0.411. The van der Waals surface area contributed by atoms with Gasteiger partial charge in [-0.15, -0.1) is 0 Å². The van der Waals surface area contributed by atoms with Gasteiger partial charge in [-0.25, -0.2) is 0 Å². The van der Waals surface area contributed by atoms with Gasteiger partial charge in [-0.1, -0.05) is 44.5 Å². The second kappa shape index (κ2) is 7.94. The second-order valence-electron chi connectivity index (χ2n) is 3.75. The summed E-state index contributed by atoms with van der Waals surface area (Å²) in [5.74, 6) is 0.871. The molecule has 2 nitrogen and oxygen atoms in total. The molecule has 0 radical (unpaired) electrons.